The highest BCUT2D eigenvalue weighted by Gasteiger charge is 2.24. The van der Waals surface area contributed by atoms with Crippen molar-refractivity contribution in [3.8, 4) is 18.2 Å². The summed E-state index contributed by atoms with van der Waals surface area (Å²) in [5, 5.41) is 2.74. The molecular formula is C17H20F2N2O2. The summed E-state index contributed by atoms with van der Waals surface area (Å²) >= 11 is 0. The van der Waals surface area contributed by atoms with Crippen LogP contribution in [-0.2, 0) is 0 Å². The number of aromatic nitrogens is 1. The van der Waals surface area contributed by atoms with Gasteiger partial charge in [0.05, 0.1) is 5.56 Å². The molecule has 1 aromatic heterocycles. The van der Waals surface area contributed by atoms with Crippen LogP contribution in [0.4, 0.5) is 8.78 Å². The van der Waals surface area contributed by atoms with E-state index in [1.165, 1.54) is 6.42 Å². The van der Waals surface area contributed by atoms with E-state index >= 15 is 0 Å². The van der Waals surface area contributed by atoms with E-state index in [-0.39, 0.29) is 12.6 Å². The molecule has 1 saturated carbocycles. The Hall–Kier alpha value is -2.16. The molecule has 23 heavy (non-hydrogen) atoms. The van der Waals surface area contributed by atoms with Gasteiger partial charge in [-0.15, -0.1) is 6.42 Å². The Bertz CT molecular complexity index is 607. The molecule has 0 radical (unpaired) electrons. The first-order valence-electron chi connectivity index (χ1n) is 7.76. The molecule has 0 spiro atoms. The summed E-state index contributed by atoms with van der Waals surface area (Å²) in [5.74, 6) is -0.712. The highest BCUT2D eigenvalue weighted by Crippen LogP contribution is 2.26. The number of terminal acetylenes is 1. The number of carbonyl (C=O) groups excluding carboxylic acids is 1. The third-order valence-electron chi connectivity index (χ3n) is 4.15. The van der Waals surface area contributed by atoms with Crippen LogP contribution < -0.4 is 10.1 Å². The van der Waals surface area contributed by atoms with Crippen molar-refractivity contribution in [2.24, 2.45) is 5.92 Å². The minimum absolute atomic E-state index is 0.0948. The number of carbonyl (C=O) groups is 1. The lowest BCUT2D eigenvalue weighted by Crippen LogP contribution is -2.39. The van der Waals surface area contributed by atoms with Crippen LogP contribution in [0.3, 0.4) is 0 Å². The highest BCUT2D eigenvalue weighted by atomic mass is 19.1. The fraction of sp³-hybridized carbons (Fsp3) is 0.529. The monoisotopic (exact) mass is 322 g/mol. The fourth-order valence-corrected chi connectivity index (χ4v) is 2.86. The molecule has 0 bridgehead atoms. The van der Waals surface area contributed by atoms with Gasteiger partial charge >= 0.3 is 0 Å². The molecule has 1 aliphatic carbocycles. The maximum atomic E-state index is 13.9. The van der Waals surface area contributed by atoms with Crippen LogP contribution in [0.2, 0.25) is 0 Å². The first kappa shape index (κ1) is 17.2. The number of nitrogens with one attached hydrogen (secondary N) is 1. The van der Waals surface area contributed by atoms with Crippen molar-refractivity contribution in [1.29, 1.82) is 0 Å². The second-order valence-corrected chi connectivity index (χ2v) is 5.77. The molecule has 1 aromatic rings. The van der Waals surface area contributed by atoms with Gasteiger partial charge in [-0.2, -0.15) is 9.37 Å². The van der Waals surface area contributed by atoms with Crippen molar-refractivity contribution in [1.82, 2.24) is 10.3 Å². The van der Waals surface area contributed by atoms with Crippen LogP contribution in [0.5, 0.6) is 5.88 Å². The van der Waals surface area contributed by atoms with Crippen molar-refractivity contribution in [3.05, 3.63) is 23.4 Å². The molecule has 0 unspecified atom stereocenters. The minimum Gasteiger partial charge on any atom is -0.462 e. The lowest BCUT2D eigenvalue weighted by atomic mass is 9.84. The number of ether oxygens (including phenoxy) is 1. The van der Waals surface area contributed by atoms with Crippen LogP contribution in [0.25, 0.3) is 0 Å². The van der Waals surface area contributed by atoms with Crippen molar-refractivity contribution in [2.75, 3.05) is 6.61 Å². The summed E-state index contributed by atoms with van der Waals surface area (Å²) in [6.07, 6.45) is 10.5. The lowest BCUT2D eigenvalue weighted by Gasteiger charge is -2.28. The van der Waals surface area contributed by atoms with E-state index in [0.717, 1.165) is 31.7 Å². The lowest BCUT2D eigenvalue weighted by molar-refractivity contribution is 0.0913. The van der Waals surface area contributed by atoms with E-state index in [0.29, 0.717) is 5.92 Å². The molecule has 1 amide bonds. The van der Waals surface area contributed by atoms with Gasteiger partial charge in [-0.3, -0.25) is 4.79 Å². The number of hydrogen-bond acceptors (Lipinski definition) is 3. The maximum absolute atomic E-state index is 13.9. The number of halogens is 2. The first-order chi connectivity index (χ1) is 11.0. The van der Waals surface area contributed by atoms with Gasteiger partial charge in [0, 0.05) is 6.04 Å². The number of nitrogens with zero attached hydrogens (tertiary/aromatic N) is 1. The third-order valence-corrected chi connectivity index (χ3v) is 4.15. The maximum Gasteiger partial charge on any atom is 0.256 e. The molecule has 124 valence electrons. The Kier molecular flexibility index (Phi) is 5.91. The summed E-state index contributed by atoms with van der Waals surface area (Å²) in [7, 11) is 0. The molecule has 0 aromatic carbocycles. The topological polar surface area (TPSA) is 51.2 Å². The van der Waals surface area contributed by atoms with Crippen molar-refractivity contribution in [3.63, 3.8) is 0 Å². The Morgan fingerprint density at radius 3 is 2.83 bits per heavy atom. The van der Waals surface area contributed by atoms with Crippen LogP contribution >= 0.6 is 0 Å². The highest BCUT2D eigenvalue weighted by molar-refractivity contribution is 5.94. The molecule has 0 aliphatic heterocycles. The summed E-state index contributed by atoms with van der Waals surface area (Å²) < 4.78 is 32.5. The van der Waals surface area contributed by atoms with Crippen molar-refractivity contribution >= 4 is 5.91 Å². The Morgan fingerprint density at radius 1 is 1.48 bits per heavy atom. The van der Waals surface area contributed by atoms with Gasteiger partial charge in [-0.1, -0.05) is 25.2 Å². The molecule has 1 atom stereocenters. The number of rotatable bonds is 5. The van der Waals surface area contributed by atoms with E-state index in [9.17, 15) is 13.6 Å². The van der Waals surface area contributed by atoms with E-state index in [2.05, 4.69) is 16.2 Å². The van der Waals surface area contributed by atoms with E-state index in [4.69, 9.17) is 11.2 Å². The van der Waals surface area contributed by atoms with Gasteiger partial charge in [0.15, 0.2) is 12.4 Å². The van der Waals surface area contributed by atoms with Gasteiger partial charge in [-0.25, -0.2) is 4.39 Å². The predicted molar refractivity (Wildman–Crippen MR) is 82.0 cm³/mol. The number of pyridine rings is 1. The summed E-state index contributed by atoms with van der Waals surface area (Å²) in [4.78, 5) is 15.5. The quantitative estimate of drug-likeness (QED) is 0.669. The molecule has 0 saturated heterocycles. The Balaban J connectivity index is 2.06. The second-order valence-electron chi connectivity index (χ2n) is 5.77. The van der Waals surface area contributed by atoms with Gasteiger partial charge < -0.3 is 10.1 Å². The van der Waals surface area contributed by atoms with Crippen LogP contribution in [0.15, 0.2) is 6.07 Å². The minimum atomic E-state index is -1.08. The molecule has 1 N–H and O–H groups in total. The van der Waals surface area contributed by atoms with Gasteiger partial charge in [-0.05, 0) is 31.7 Å². The SMILES string of the molecule is C#CCOc1nc(F)c(C(=O)N[C@@H](C)C2CCCCC2)cc1F. The smallest absolute Gasteiger partial charge is 0.256 e. The normalized spacial score (nSPS) is 16.4. The zero-order valence-electron chi connectivity index (χ0n) is 13.1. The average Bonchev–Trinajstić information content (AvgIpc) is 2.55. The number of amides is 1. The van der Waals surface area contributed by atoms with E-state index in [1.807, 2.05) is 6.92 Å². The summed E-state index contributed by atoms with van der Waals surface area (Å²) in [6.45, 7) is 1.66. The van der Waals surface area contributed by atoms with Crippen molar-refractivity contribution in [2.45, 2.75) is 45.1 Å². The largest absolute Gasteiger partial charge is 0.462 e. The van der Waals surface area contributed by atoms with Crippen molar-refractivity contribution < 1.29 is 18.3 Å². The summed E-state index contributed by atoms with van der Waals surface area (Å²) in [6, 6.07) is 0.694. The van der Waals surface area contributed by atoms with Crippen LogP contribution in [0.1, 0.15) is 49.4 Å². The standard InChI is InChI=1S/C17H20F2N2O2/c1-3-9-23-17-14(18)10-13(15(19)21-17)16(22)20-11(2)12-7-5-4-6-8-12/h1,10-12H,4-9H2,2H3,(H,20,22)/t11-/m0/s1. The van der Waals surface area contributed by atoms with Crippen LogP contribution in [-0.4, -0.2) is 23.5 Å². The molecule has 1 fully saturated rings. The zero-order chi connectivity index (χ0) is 16.8. The van der Waals surface area contributed by atoms with Gasteiger partial charge in [0.1, 0.15) is 0 Å². The average molecular weight is 322 g/mol. The Morgan fingerprint density at radius 2 is 2.17 bits per heavy atom. The summed E-state index contributed by atoms with van der Waals surface area (Å²) in [5.41, 5.74) is -0.432. The molecule has 2 rings (SSSR count). The fourth-order valence-electron chi connectivity index (χ4n) is 2.86. The predicted octanol–water partition coefficient (Wildman–Crippen LogP) is 3.07. The third kappa shape index (κ3) is 4.41. The van der Waals surface area contributed by atoms with E-state index in [1.54, 1.807) is 0 Å². The molecular weight excluding hydrogens is 302 g/mol. The zero-order valence-corrected chi connectivity index (χ0v) is 13.1. The Labute approximate surface area is 134 Å². The molecule has 1 heterocycles. The number of hydrogen-bond donors (Lipinski definition) is 1. The van der Waals surface area contributed by atoms with Gasteiger partial charge in [0.2, 0.25) is 5.95 Å². The first-order valence-corrected chi connectivity index (χ1v) is 7.76. The molecule has 6 heteroatoms. The molecule has 4 nitrogen and oxygen atoms in total. The second kappa shape index (κ2) is 7.91. The van der Waals surface area contributed by atoms with E-state index < -0.39 is 29.1 Å². The van der Waals surface area contributed by atoms with Crippen LogP contribution in [0, 0.1) is 30.0 Å². The molecule has 1 aliphatic rings. The van der Waals surface area contributed by atoms with Gasteiger partial charge in [0.25, 0.3) is 11.8 Å².